The van der Waals surface area contributed by atoms with Gasteiger partial charge in [0.05, 0.1) is 25.3 Å². The Bertz CT molecular complexity index is 928. The standard InChI is InChI=1S/C18H24N4O5S/c1-3-28(24,25)22-9-5-7-14(12-22)18(23)19-11-16-20-17(21-27-16)13-6-4-8-15(10-13)26-2/h4,6,8,10,14H,3,5,7,9,11-12H2,1-2H3,(H,19,23)/t14-/m0/s1. The number of benzene rings is 1. The maximum absolute atomic E-state index is 12.5. The van der Waals surface area contributed by atoms with E-state index < -0.39 is 10.0 Å². The van der Waals surface area contributed by atoms with Gasteiger partial charge in [0.1, 0.15) is 5.75 Å². The summed E-state index contributed by atoms with van der Waals surface area (Å²) in [6.45, 7) is 2.37. The molecule has 1 aliphatic rings. The summed E-state index contributed by atoms with van der Waals surface area (Å²) >= 11 is 0. The van der Waals surface area contributed by atoms with Crippen LogP contribution in [0.1, 0.15) is 25.7 Å². The molecule has 0 radical (unpaired) electrons. The van der Waals surface area contributed by atoms with E-state index in [-0.39, 0.29) is 36.6 Å². The van der Waals surface area contributed by atoms with Crippen LogP contribution in [-0.4, -0.2) is 54.7 Å². The first-order valence-electron chi connectivity index (χ1n) is 9.15. The number of sulfonamides is 1. The molecule has 1 saturated heterocycles. The highest BCUT2D eigenvalue weighted by molar-refractivity contribution is 7.89. The van der Waals surface area contributed by atoms with Gasteiger partial charge in [-0.05, 0) is 31.9 Å². The highest BCUT2D eigenvalue weighted by atomic mass is 32.2. The maximum atomic E-state index is 12.5. The number of methoxy groups -OCH3 is 1. The van der Waals surface area contributed by atoms with Crippen LogP contribution in [-0.2, 0) is 21.4 Å². The minimum Gasteiger partial charge on any atom is -0.497 e. The van der Waals surface area contributed by atoms with Gasteiger partial charge in [-0.25, -0.2) is 12.7 Å². The van der Waals surface area contributed by atoms with Crippen molar-refractivity contribution in [3.8, 4) is 17.1 Å². The molecule has 28 heavy (non-hydrogen) atoms. The molecule has 0 saturated carbocycles. The van der Waals surface area contributed by atoms with Gasteiger partial charge in [0, 0.05) is 18.7 Å². The van der Waals surface area contributed by atoms with Crippen LogP contribution in [0.3, 0.4) is 0 Å². The van der Waals surface area contributed by atoms with Gasteiger partial charge in [-0.2, -0.15) is 4.98 Å². The SMILES string of the molecule is CCS(=O)(=O)N1CCC[C@H](C(=O)NCc2nc(-c3cccc(OC)c3)no2)C1. The highest BCUT2D eigenvalue weighted by Gasteiger charge is 2.31. The van der Waals surface area contributed by atoms with Gasteiger partial charge < -0.3 is 14.6 Å². The fraction of sp³-hybridized carbons (Fsp3) is 0.500. The fourth-order valence-corrected chi connectivity index (χ4v) is 4.28. The molecule has 3 rings (SSSR count). The molecule has 1 aromatic carbocycles. The van der Waals surface area contributed by atoms with E-state index in [2.05, 4.69) is 15.5 Å². The third kappa shape index (κ3) is 4.68. The predicted octanol–water partition coefficient (Wildman–Crippen LogP) is 1.42. The lowest BCUT2D eigenvalue weighted by atomic mass is 9.99. The third-order valence-corrected chi connectivity index (χ3v) is 6.57. The number of nitrogens with one attached hydrogen (secondary N) is 1. The van der Waals surface area contributed by atoms with Crippen molar-refractivity contribution in [3.63, 3.8) is 0 Å². The number of ether oxygens (including phenoxy) is 1. The van der Waals surface area contributed by atoms with Crippen LogP contribution in [0.15, 0.2) is 28.8 Å². The van der Waals surface area contributed by atoms with Crippen molar-refractivity contribution < 1.29 is 22.5 Å². The Balaban J connectivity index is 1.58. The maximum Gasteiger partial charge on any atom is 0.246 e. The monoisotopic (exact) mass is 408 g/mol. The van der Waals surface area contributed by atoms with Gasteiger partial charge in [0.25, 0.3) is 0 Å². The molecule has 10 heteroatoms. The Kier molecular flexibility index (Phi) is 6.30. The van der Waals surface area contributed by atoms with Crippen molar-refractivity contribution in [1.82, 2.24) is 19.8 Å². The number of piperidine rings is 1. The fourth-order valence-electron chi connectivity index (χ4n) is 3.10. The molecular formula is C18H24N4O5S. The van der Waals surface area contributed by atoms with Crippen molar-refractivity contribution in [2.75, 3.05) is 26.0 Å². The Hall–Kier alpha value is -2.46. The molecule has 2 heterocycles. The summed E-state index contributed by atoms with van der Waals surface area (Å²) in [5.41, 5.74) is 0.744. The second kappa shape index (κ2) is 8.70. The molecule has 1 amide bonds. The second-order valence-corrected chi connectivity index (χ2v) is 8.82. The average Bonchev–Trinajstić information content (AvgIpc) is 3.21. The normalized spacial score (nSPS) is 18.0. The van der Waals surface area contributed by atoms with Crippen molar-refractivity contribution in [2.45, 2.75) is 26.3 Å². The summed E-state index contributed by atoms with van der Waals surface area (Å²) in [7, 11) is -1.71. The molecule has 9 nitrogen and oxygen atoms in total. The van der Waals surface area contributed by atoms with Crippen LogP contribution < -0.4 is 10.1 Å². The number of aromatic nitrogens is 2. The Labute approximate surface area is 164 Å². The molecule has 1 atom stereocenters. The Morgan fingerprint density at radius 3 is 3.00 bits per heavy atom. The Morgan fingerprint density at radius 2 is 2.25 bits per heavy atom. The minimum atomic E-state index is -3.29. The summed E-state index contributed by atoms with van der Waals surface area (Å²) in [5, 5.41) is 6.69. The van der Waals surface area contributed by atoms with Gasteiger partial charge in [-0.1, -0.05) is 17.3 Å². The van der Waals surface area contributed by atoms with Gasteiger partial charge in [-0.15, -0.1) is 0 Å². The van der Waals surface area contributed by atoms with Crippen molar-refractivity contribution >= 4 is 15.9 Å². The van der Waals surface area contributed by atoms with E-state index in [9.17, 15) is 13.2 Å². The molecule has 0 aliphatic carbocycles. The zero-order valence-corrected chi connectivity index (χ0v) is 16.7. The van der Waals surface area contributed by atoms with Crippen LogP contribution in [0, 0.1) is 5.92 Å². The molecule has 2 aromatic rings. The summed E-state index contributed by atoms with van der Waals surface area (Å²) in [5.74, 6) is 0.811. The number of amides is 1. The summed E-state index contributed by atoms with van der Waals surface area (Å²) in [6, 6.07) is 7.26. The van der Waals surface area contributed by atoms with Crippen LogP contribution in [0.2, 0.25) is 0 Å². The third-order valence-electron chi connectivity index (χ3n) is 4.72. The number of hydrogen-bond acceptors (Lipinski definition) is 7. The largest absolute Gasteiger partial charge is 0.497 e. The van der Waals surface area contributed by atoms with E-state index in [0.717, 1.165) is 5.56 Å². The topological polar surface area (TPSA) is 115 Å². The lowest BCUT2D eigenvalue weighted by Gasteiger charge is -2.30. The van der Waals surface area contributed by atoms with E-state index in [4.69, 9.17) is 9.26 Å². The number of carbonyl (C=O) groups excluding carboxylic acids is 1. The summed E-state index contributed by atoms with van der Waals surface area (Å²) in [4.78, 5) is 16.7. The smallest absolute Gasteiger partial charge is 0.246 e. The quantitative estimate of drug-likeness (QED) is 0.737. The molecule has 152 valence electrons. The first-order valence-corrected chi connectivity index (χ1v) is 10.8. The first kappa shape index (κ1) is 20.3. The number of nitrogens with zero attached hydrogens (tertiary/aromatic N) is 3. The average molecular weight is 408 g/mol. The molecule has 1 aromatic heterocycles. The van der Waals surface area contributed by atoms with Gasteiger partial charge in [0.2, 0.25) is 27.6 Å². The van der Waals surface area contributed by atoms with E-state index in [1.54, 1.807) is 20.1 Å². The van der Waals surface area contributed by atoms with Gasteiger partial charge >= 0.3 is 0 Å². The number of carbonyl (C=O) groups is 1. The predicted molar refractivity (Wildman–Crippen MR) is 102 cm³/mol. The van der Waals surface area contributed by atoms with E-state index in [0.29, 0.717) is 31.0 Å². The summed E-state index contributed by atoms with van der Waals surface area (Å²) < 4.78 is 35.9. The lowest BCUT2D eigenvalue weighted by molar-refractivity contribution is -0.126. The van der Waals surface area contributed by atoms with Crippen LogP contribution in [0.5, 0.6) is 5.75 Å². The van der Waals surface area contributed by atoms with E-state index >= 15 is 0 Å². The summed E-state index contributed by atoms with van der Waals surface area (Å²) in [6.07, 6.45) is 1.32. The zero-order valence-electron chi connectivity index (χ0n) is 15.9. The van der Waals surface area contributed by atoms with Crippen LogP contribution in [0.25, 0.3) is 11.4 Å². The molecule has 1 N–H and O–H groups in total. The number of hydrogen-bond donors (Lipinski definition) is 1. The zero-order chi connectivity index (χ0) is 20.1. The van der Waals surface area contributed by atoms with Crippen molar-refractivity contribution in [1.29, 1.82) is 0 Å². The number of rotatable bonds is 7. The highest BCUT2D eigenvalue weighted by Crippen LogP contribution is 2.22. The van der Waals surface area contributed by atoms with Crippen molar-refractivity contribution in [2.24, 2.45) is 5.92 Å². The molecule has 1 aliphatic heterocycles. The molecule has 0 unspecified atom stereocenters. The molecular weight excluding hydrogens is 384 g/mol. The Morgan fingerprint density at radius 1 is 1.43 bits per heavy atom. The van der Waals surface area contributed by atoms with Crippen LogP contribution in [0.4, 0.5) is 0 Å². The van der Waals surface area contributed by atoms with Crippen molar-refractivity contribution in [3.05, 3.63) is 30.2 Å². The van der Waals surface area contributed by atoms with E-state index in [1.807, 2.05) is 18.2 Å². The minimum absolute atomic E-state index is 0.0381. The molecule has 0 bridgehead atoms. The molecule has 0 spiro atoms. The lowest BCUT2D eigenvalue weighted by Crippen LogP contribution is -2.45. The molecule has 1 fully saturated rings. The first-order chi connectivity index (χ1) is 13.4. The second-order valence-electron chi connectivity index (χ2n) is 6.56. The van der Waals surface area contributed by atoms with Crippen LogP contribution >= 0.6 is 0 Å². The van der Waals surface area contributed by atoms with Gasteiger partial charge in [0.15, 0.2) is 0 Å². The van der Waals surface area contributed by atoms with E-state index in [1.165, 1.54) is 4.31 Å². The van der Waals surface area contributed by atoms with Gasteiger partial charge in [-0.3, -0.25) is 4.79 Å².